The topological polar surface area (TPSA) is 110 Å². The highest BCUT2D eigenvalue weighted by Crippen LogP contribution is 2.37. The third kappa shape index (κ3) is 6.61. The third-order valence-electron chi connectivity index (χ3n) is 6.99. The summed E-state index contributed by atoms with van der Waals surface area (Å²) in [5.41, 5.74) is 3.05. The molecule has 0 N–H and O–H groups in total. The number of carbonyl (C=O) groups excluding carboxylic acids is 2. The number of benzene rings is 2. The quantitative estimate of drug-likeness (QED) is 0.164. The van der Waals surface area contributed by atoms with Gasteiger partial charge in [-0.05, 0) is 66.4 Å². The number of aryl methyl sites for hydroxylation is 1. The van der Waals surface area contributed by atoms with Crippen molar-refractivity contribution in [1.82, 2.24) is 0 Å². The summed E-state index contributed by atoms with van der Waals surface area (Å²) in [5.74, 6) is -0.0412. The second kappa shape index (κ2) is 12.4. The smallest absolute Gasteiger partial charge is 0.339 e. The van der Waals surface area contributed by atoms with Crippen molar-refractivity contribution in [2.24, 2.45) is 0 Å². The summed E-state index contributed by atoms with van der Waals surface area (Å²) < 4.78 is 32.8. The molecular weight excluding hydrogens is 544 g/mol. The summed E-state index contributed by atoms with van der Waals surface area (Å²) in [7, 11) is 1.57. The van der Waals surface area contributed by atoms with Gasteiger partial charge in [0.25, 0.3) is 0 Å². The standard InChI is InChI=1S/C31H36O9Si/c1-18-10-27-29(28(19(18)2)31(34)37-8-9-41(5,6)7)30(33)23(15-38-27)22-11-20-13-25(39-16-35-3)26(40-17-36-4)14-21(20)12-24(22)32/h10-11,13-15H,8-9,12,16-17H2,1-7H3. The van der Waals surface area contributed by atoms with Gasteiger partial charge in [-0.2, -0.15) is 0 Å². The summed E-state index contributed by atoms with van der Waals surface area (Å²) in [6.07, 6.45) is 2.95. The van der Waals surface area contributed by atoms with Gasteiger partial charge < -0.3 is 28.1 Å². The fraction of sp³-hybridized carbons (Fsp3) is 0.387. The maximum atomic E-state index is 14.0. The molecule has 1 aliphatic carbocycles. The van der Waals surface area contributed by atoms with Crippen LogP contribution in [0.4, 0.5) is 0 Å². The predicted molar refractivity (Wildman–Crippen MR) is 158 cm³/mol. The largest absolute Gasteiger partial charge is 0.464 e. The van der Waals surface area contributed by atoms with Gasteiger partial charge in [-0.25, -0.2) is 4.79 Å². The molecule has 1 heterocycles. The number of allylic oxidation sites excluding steroid dienone is 1. The van der Waals surface area contributed by atoms with Crippen LogP contribution in [-0.2, 0) is 25.4 Å². The monoisotopic (exact) mass is 580 g/mol. The lowest BCUT2D eigenvalue weighted by Crippen LogP contribution is -2.24. The second-order valence-corrected chi connectivity index (χ2v) is 16.9. The molecule has 0 spiro atoms. The van der Waals surface area contributed by atoms with E-state index in [-0.39, 0.29) is 60.1 Å². The minimum absolute atomic E-state index is 0.00288. The van der Waals surface area contributed by atoms with Gasteiger partial charge in [-0.1, -0.05) is 19.6 Å². The van der Waals surface area contributed by atoms with Crippen molar-refractivity contribution in [3.8, 4) is 11.5 Å². The molecule has 218 valence electrons. The van der Waals surface area contributed by atoms with E-state index in [0.29, 0.717) is 28.2 Å². The molecule has 0 atom stereocenters. The Labute approximate surface area is 240 Å². The Morgan fingerprint density at radius 3 is 2.27 bits per heavy atom. The number of ether oxygens (including phenoxy) is 5. The number of esters is 1. The van der Waals surface area contributed by atoms with Gasteiger partial charge in [-0.3, -0.25) is 9.59 Å². The molecule has 4 rings (SSSR count). The van der Waals surface area contributed by atoms with Gasteiger partial charge in [0.15, 0.2) is 30.9 Å². The normalized spacial score (nSPS) is 13.1. The molecule has 2 aromatic carbocycles. The van der Waals surface area contributed by atoms with E-state index in [1.165, 1.54) is 20.5 Å². The number of fused-ring (bicyclic) bond motifs is 2. The van der Waals surface area contributed by atoms with Crippen molar-refractivity contribution in [2.75, 3.05) is 34.4 Å². The van der Waals surface area contributed by atoms with Gasteiger partial charge in [0, 0.05) is 34.3 Å². The third-order valence-corrected chi connectivity index (χ3v) is 8.69. The minimum atomic E-state index is -1.44. The van der Waals surface area contributed by atoms with E-state index in [1.54, 1.807) is 31.2 Å². The van der Waals surface area contributed by atoms with Crippen LogP contribution in [0, 0.1) is 13.8 Å². The zero-order chi connectivity index (χ0) is 29.9. The van der Waals surface area contributed by atoms with E-state index in [0.717, 1.165) is 11.6 Å². The summed E-state index contributed by atoms with van der Waals surface area (Å²) >= 11 is 0. The minimum Gasteiger partial charge on any atom is -0.464 e. The molecule has 0 radical (unpaired) electrons. The van der Waals surface area contributed by atoms with Crippen molar-refractivity contribution < 1.29 is 37.7 Å². The summed E-state index contributed by atoms with van der Waals surface area (Å²) in [6, 6.07) is 5.97. The SMILES string of the molecule is COCOc1cc2c(cc1OCOC)CC(=O)C(c1coc3cc(C)c(C)c(C(=O)OCC[Si](C)(C)C)c3c1=O)=C2. The molecule has 0 saturated heterocycles. The second-order valence-electron chi connectivity index (χ2n) is 11.2. The molecular formula is C31H36O9Si. The van der Waals surface area contributed by atoms with Crippen LogP contribution in [0.2, 0.25) is 25.7 Å². The van der Waals surface area contributed by atoms with E-state index in [4.69, 9.17) is 28.1 Å². The molecule has 0 amide bonds. The highest BCUT2D eigenvalue weighted by Gasteiger charge is 2.28. The van der Waals surface area contributed by atoms with Crippen LogP contribution in [0.5, 0.6) is 11.5 Å². The number of ketones is 1. The van der Waals surface area contributed by atoms with Crippen molar-refractivity contribution in [1.29, 1.82) is 0 Å². The highest BCUT2D eigenvalue weighted by molar-refractivity contribution is 6.76. The molecule has 0 fully saturated rings. The first-order chi connectivity index (χ1) is 19.4. The lowest BCUT2D eigenvalue weighted by Gasteiger charge is -2.20. The van der Waals surface area contributed by atoms with Gasteiger partial charge in [0.2, 0.25) is 5.43 Å². The fourth-order valence-corrected chi connectivity index (χ4v) is 5.30. The van der Waals surface area contributed by atoms with Gasteiger partial charge in [0.1, 0.15) is 11.8 Å². The maximum Gasteiger partial charge on any atom is 0.339 e. The molecule has 0 bridgehead atoms. The van der Waals surface area contributed by atoms with E-state index < -0.39 is 19.5 Å². The average molecular weight is 581 g/mol. The molecule has 1 aliphatic rings. The van der Waals surface area contributed by atoms with Crippen LogP contribution >= 0.6 is 0 Å². The van der Waals surface area contributed by atoms with Crippen LogP contribution in [0.1, 0.15) is 38.2 Å². The first-order valence-electron chi connectivity index (χ1n) is 13.3. The highest BCUT2D eigenvalue weighted by atomic mass is 28.3. The molecule has 0 saturated carbocycles. The Hall–Kier alpha value is -3.73. The zero-order valence-electron chi connectivity index (χ0n) is 24.6. The number of hydrogen-bond donors (Lipinski definition) is 0. The van der Waals surface area contributed by atoms with E-state index >= 15 is 0 Å². The van der Waals surface area contributed by atoms with Gasteiger partial charge in [0.05, 0.1) is 23.1 Å². The summed E-state index contributed by atoms with van der Waals surface area (Å²) in [4.78, 5) is 40.6. The number of methoxy groups -OCH3 is 2. The Morgan fingerprint density at radius 1 is 0.976 bits per heavy atom. The van der Waals surface area contributed by atoms with E-state index in [9.17, 15) is 14.4 Å². The molecule has 0 unspecified atom stereocenters. The van der Waals surface area contributed by atoms with Crippen molar-refractivity contribution in [2.45, 2.75) is 46.0 Å². The number of rotatable bonds is 11. The Morgan fingerprint density at radius 2 is 1.63 bits per heavy atom. The number of hydrogen-bond acceptors (Lipinski definition) is 9. The van der Waals surface area contributed by atoms with Gasteiger partial charge >= 0.3 is 5.97 Å². The lowest BCUT2D eigenvalue weighted by molar-refractivity contribution is -0.113. The Bertz CT molecular complexity index is 1580. The van der Waals surface area contributed by atoms with E-state index in [2.05, 4.69) is 19.6 Å². The van der Waals surface area contributed by atoms with Crippen molar-refractivity contribution >= 4 is 42.4 Å². The lowest BCUT2D eigenvalue weighted by atomic mass is 9.87. The first kappa shape index (κ1) is 30.2. The van der Waals surface area contributed by atoms with Crippen molar-refractivity contribution in [3.63, 3.8) is 0 Å². The Balaban J connectivity index is 1.82. The zero-order valence-corrected chi connectivity index (χ0v) is 25.6. The van der Waals surface area contributed by atoms with Crippen LogP contribution in [0.25, 0.3) is 22.6 Å². The average Bonchev–Trinajstić information content (AvgIpc) is 2.91. The van der Waals surface area contributed by atoms with Crippen LogP contribution in [0.15, 0.2) is 33.7 Å². The van der Waals surface area contributed by atoms with E-state index in [1.807, 2.05) is 6.92 Å². The number of carbonyl (C=O) groups is 2. The molecule has 3 aromatic rings. The summed E-state index contributed by atoms with van der Waals surface area (Å²) in [6.45, 7) is 10.5. The molecule has 0 aliphatic heterocycles. The van der Waals surface area contributed by atoms with Crippen LogP contribution in [0.3, 0.4) is 0 Å². The molecule has 9 nitrogen and oxygen atoms in total. The maximum absolute atomic E-state index is 14.0. The molecule has 10 heteroatoms. The van der Waals surface area contributed by atoms with Crippen molar-refractivity contribution in [3.05, 3.63) is 68.1 Å². The summed E-state index contributed by atoms with van der Waals surface area (Å²) in [5, 5.41) is 0.107. The predicted octanol–water partition coefficient (Wildman–Crippen LogP) is 5.54. The Kier molecular flexibility index (Phi) is 9.16. The fourth-order valence-electron chi connectivity index (χ4n) is 4.58. The number of Topliss-reactive ketones (excluding diaryl/α,β-unsaturated/α-hetero) is 1. The first-order valence-corrected chi connectivity index (χ1v) is 17.0. The molecule has 41 heavy (non-hydrogen) atoms. The van der Waals surface area contributed by atoms with Gasteiger partial charge in [-0.15, -0.1) is 0 Å². The van der Waals surface area contributed by atoms with Crippen LogP contribution < -0.4 is 14.9 Å². The van der Waals surface area contributed by atoms with Crippen LogP contribution in [-0.4, -0.2) is 54.2 Å². The molecule has 1 aromatic heterocycles.